The van der Waals surface area contributed by atoms with Gasteiger partial charge in [0.25, 0.3) is 0 Å². The molecule has 1 atom stereocenters. The van der Waals surface area contributed by atoms with Crippen LogP contribution in [0.3, 0.4) is 0 Å². The highest BCUT2D eigenvalue weighted by atomic mass is 32.2. The third-order valence-electron chi connectivity index (χ3n) is 2.81. The lowest BCUT2D eigenvalue weighted by molar-refractivity contribution is -0.121. The molecule has 0 aliphatic heterocycles. The largest absolute Gasteiger partial charge is 0.349 e. The minimum atomic E-state index is -3.09. The Bertz CT molecular complexity index is 497. The molecule has 0 aliphatic rings. The van der Waals surface area contributed by atoms with E-state index in [0.29, 0.717) is 0 Å². The van der Waals surface area contributed by atoms with Crippen molar-refractivity contribution in [3.05, 3.63) is 35.9 Å². The number of carbonyl (C=O) groups excluding carboxylic acids is 1. The van der Waals surface area contributed by atoms with E-state index in [9.17, 15) is 13.2 Å². The molecule has 0 heterocycles. The topological polar surface area (TPSA) is 63.2 Å². The summed E-state index contributed by atoms with van der Waals surface area (Å²) in [7, 11) is -3.09. The van der Waals surface area contributed by atoms with Gasteiger partial charge in [-0.3, -0.25) is 4.79 Å². The number of hydrogen-bond acceptors (Lipinski definition) is 3. The molecule has 1 amide bonds. The molecule has 106 valence electrons. The number of amides is 1. The second kappa shape index (κ2) is 7.28. The lowest BCUT2D eigenvalue weighted by Crippen LogP contribution is -2.29. The summed E-state index contributed by atoms with van der Waals surface area (Å²) in [5.41, 5.74) is 1.05. The first-order valence-electron chi connectivity index (χ1n) is 6.44. The molecule has 0 radical (unpaired) electrons. The molecule has 4 nitrogen and oxygen atoms in total. The summed E-state index contributed by atoms with van der Waals surface area (Å²) in [5.74, 6) is -0.320. The van der Waals surface area contributed by atoms with Gasteiger partial charge in [-0.15, -0.1) is 0 Å². The first-order valence-corrected chi connectivity index (χ1v) is 8.50. The highest BCUT2D eigenvalue weighted by molar-refractivity contribution is 7.90. The van der Waals surface area contributed by atoms with E-state index in [2.05, 4.69) is 12.2 Å². The molecule has 0 spiro atoms. The van der Waals surface area contributed by atoms with Gasteiger partial charge in [0.2, 0.25) is 5.91 Å². The fourth-order valence-electron chi connectivity index (χ4n) is 1.84. The predicted octanol–water partition coefficient (Wildman–Crippen LogP) is 2.08. The van der Waals surface area contributed by atoms with Crippen LogP contribution in [0.1, 0.15) is 37.8 Å². The summed E-state index contributed by atoms with van der Waals surface area (Å²) >= 11 is 0. The number of benzene rings is 1. The van der Waals surface area contributed by atoms with Crippen LogP contribution in [0.2, 0.25) is 0 Å². The van der Waals surface area contributed by atoms with Gasteiger partial charge < -0.3 is 5.32 Å². The number of nitrogens with one attached hydrogen (secondary N) is 1. The summed E-state index contributed by atoms with van der Waals surface area (Å²) in [6.45, 7) is 2.05. The number of hydrogen-bond donors (Lipinski definition) is 1. The summed E-state index contributed by atoms with van der Waals surface area (Å²) in [4.78, 5) is 11.8. The van der Waals surface area contributed by atoms with Crippen molar-refractivity contribution >= 4 is 15.7 Å². The lowest BCUT2D eigenvalue weighted by Gasteiger charge is -2.18. The van der Waals surface area contributed by atoms with Crippen LogP contribution in [0.15, 0.2) is 30.3 Å². The summed E-state index contributed by atoms with van der Waals surface area (Å²) in [6.07, 6.45) is 2.95. The van der Waals surface area contributed by atoms with Crippen LogP contribution in [-0.4, -0.2) is 26.3 Å². The molecule has 1 aromatic carbocycles. The highest BCUT2D eigenvalue weighted by Gasteiger charge is 2.14. The van der Waals surface area contributed by atoms with Gasteiger partial charge in [0, 0.05) is 12.7 Å². The average Bonchev–Trinajstić information content (AvgIpc) is 2.36. The normalized spacial score (nSPS) is 12.9. The minimum Gasteiger partial charge on any atom is -0.349 e. The van der Waals surface area contributed by atoms with Crippen molar-refractivity contribution in [3.63, 3.8) is 0 Å². The van der Waals surface area contributed by atoms with Gasteiger partial charge in [-0.2, -0.15) is 0 Å². The number of sulfone groups is 1. The Morgan fingerprint density at radius 3 is 2.42 bits per heavy atom. The van der Waals surface area contributed by atoms with Crippen molar-refractivity contribution in [2.75, 3.05) is 12.0 Å². The van der Waals surface area contributed by atoms with E-state index in [1.807, 2.05) is 30.3 Å². The molecule has 1 N–H and O–H groups in total. The average molecular weight is 283 g/mol. The second-order valence-corrected chi connectivity index (χ2v) is 6.96. The van der Waals surface area contributed by atoms with Crippen LogP contribution in [-0.2, 0) is 14.6 Å². The maximum Gasteiger partial charge on any atom is 0.221 e. The fraction of sp³-hybridized carbons (Fsp3) is 0.500. The summed E-state index contributed by atoms with van der Waals surface area (Å²) < 4.78 is 22.1. The van der Waals surface area contributed by atoms with E-state index in [4.69, 9.17) is 0 Å². The minimum absolute atomic E-state index is 0.0197. The van der Waals surface area contributed by atoms with E-state index in [0.717, 1.165) is 24.7 Å². The first-order chi connectivity index (χ1) is 8.92. The maximum atomic E-state index is 11.8. The molecular formula is C14H21NO3S. The van der Waals surface area contributed by atoms with E-state index in [1.54, 1.807) is 0 Å². The van der Waals surface area contributed by atoms with Gasteiger partial charge in [-0.25, -0.2) is 8.42 Å². The van der Waals surface area contributed by atoms with Crippen LogP contribution in [0.25, 0.3) is 0 Å². The molecule has 1 aromatic rings. The van der Waals surface area contributed by atoms with E-state index >= 15 is 0 Å². The Morgan fingerprint density at radius 2 is 1.89 bits per heavy atom. The summed E-state index contributed by atoms with van der Waals surface area (Å²) in [6, 6.07) is 9.69. The third kappa shape index (κ3) is 6.38. The molecule has 0 saturated heterocycles. The molecule has 1 unspecified atom stereocenters. The van der Waals surface area contributed by atoms with E-state index < -0.39 is 9.84 Å². The predicted molar refractivity (Wildman–Crippen MR) is 76.6 cm³/mol. The van der Waals surface area contributed by atoms with Gasteiger partial charge >= 0.3 is 0 Å². The molecule has 0 aliphatic carbocycles. The zero-order valence-electron chi connectivity index (χ0n) is 11.4. The van der Waals surface area contributed by atoms with E-state index in [1.165, 1.54) is 0 Å². The molecule has 5 heteroatoms. The van der Waals surface area contributed by atoms with Crippen LogP contribution < -0.4 is 5.32 Å². The molecule has 0 saturated carbocycles. The van der Waals surface area contributed by atoms with Crippen molar-refractivity contribution in [1.82, 2.24) is 5.32 Å². The molecule has 19 heavy (non-hydrogen) atoms. The van der Waals surface area contributed by atoms with Crippen LogP contribution >= 0.6 is 0 Å². The van der Waals surface area contributed by atoms with Gasteiger partial charge in [0.1, 0.15) is 9.84 Å². The third-order valence-corrected chi connectivity index (χ3v) is 3.76. The van der Waals surface area contributed by atoms with E-state index in [-0.39, 0.29) is 24.1 Å². The van der Waals surface area contributed by atoms with Crippen LogP contribution in [0, 0.1) is 0 Å². The highest BCUT2D eigenvalue weighted by Crippen LogP contribution is 2.18. The Balaban J connectivity index is 2.62. The molecule has 0 fully saturated rings. The van der Waals surface area contributed by atoms with Gasteiger partial charge in [0.15, 0.2) is 0 Å². The smallest absolute Gasteiger partial charge is 0.221 e. The van der Waals surface area contributed by atoms with Crippen LogP contribution in [0.5, 0.6) is 0 Å². The lowest BCUT2D eigenvalue weighted by atomic mass is 10.0. The molecule has 1 rings (SSSR count). The maximum absolute atomic E-state index is 11.8. The Morgan fingerprint density at radius 1 is 1.26 bits per heavy atom. The monoisotopic (exact) mass is 283 g/mol. The fourth-order valence-corrected chi connectivity index (χ4v) is 2.40. The first kappa shape index (κ1) is 15.7. The molecular weight excluding hydrogens is 262 g/mol. The molecule has 0 aromatic heterocycles. The Hall–Kier alpha value is -1.36. The second-order valence-electron chi connectivity index (χ2n) is 4.70. The zero-order chi connectivity index (χ0) is 14.3. The van der Waals surface area contributed by atoms with Crippen molar-refractivity contribution in [1.29, 1.82) is 0 Å². The van der Waals surface area contributed by atoms with Crippen molar-refractivity contribution in [2.24, 2.45) is 0 Å². The summed E-state index contributed by atoms with van der Waals surface area (Å²) in [5, 5.41) is 2.90. The SMILES string of the molecule is CCCC(NC(=O)CCS(C)(=O)=O)c1ccccc1. The van der Waals surface area contributed by atoms with Gasteiger partial charge in [-0.05, 0) is 12.0 Å². The Labute approximate surface area is 115 Å². The number of rotatable bonds is 7. The molecule has 0 bridgehead atoms. The van der Waals surface area contributed by atoms with Crippen molar-refractivity contribution in [2.45, 2.75) is 32.2 Å². The van der Waals surface area contributed by atoms with Crippen LogP contribution in [0.4, 0.5) is 0 Å². The Kier molecular flexibility index (Phi) is 6.02. The zero-order valence-corrected chi connectivity index (χ0v) is 12.2. The van der Waals surface area contributed by atoms with Crippen molar-refractivity contribution in [3.8, 4) is 0 Å². The van der Waals surface area contributed by atoms with Gasteiger partial charge in [0.05, 0.1) is 11.8 Å². The quantitative estimate of drug-likeness (QED) is 0.833. The van der Waals surface area contributed by atoms with Crippen molar-refractivity contribution < 1.29 is 13.2 Å². The van der Waals surface area contributed by atoms with Gasteiger partial charge in [-0.1, -0.05) is 43.7 Å². The standard InChI is InChI=1S/C14H21NO3S/c1-3-7-13(12-8-5-4-6-9-12)15-14(16)10-11-19(2,17)18/h4-6,8-9,13H,3,7,10-11H2,1-2H3,(H,15,16). The number of carbonyl (C=O) groups is 1.